The molecule has 0 aromatic carbocycles. The Bertz CT molecular complexity index is 445. The number of carboxylic acids is 1. The summed E-state index contributed by atoms with van der Waals surface area (Å²) >= 11 is 5.88. The number of pyridine rings is 1. The molecule has 0 unspecified atom stereocenters. The molecule has 0 aliphatic heterocycles. The van der Waals surface area contributed by atoms with Crippen LogP contribution in [0.25, 0.3) is 0 Å². The number of carboxylic acid groups (broad SMARTS) is 1. The van der Waals surface area contributed by atoms with E-state index in [1.807, 2.05) is 7.05 Å². The highest BCUT2D eigenvalue weighted by Crippen LogP contribution is 2.26. The standard InChI is InChI=1S/C13H17ClN2O2/c1-16(10-5-3-2-4-6-10)12-8-9(13(17)18)7-11(14)15-12/h7-8,10H,2-6H2,1H3,(H,17,18). The summed E-state index contributed by atoms with van der Waals surface area (Å²) in [6.07, 6.45) is 6.00. The number of aromatic nitrogens is 1. The van der Waals surface area contributed by atoms with Crippen LogP contribution in [-0.4, -0.2) is 29.1 Å². The molecule has 4 nitrogen and oxygen atoms in total. The zero-order chi connectivity index (χ0) is 13.1. The van der Waals surface area contributed by atoms with Gasteiger partial charge < -0.3 is 10.0 Å². The lowest BCUT2D eigenvalue weighted by molar-refractivity contribution is 0.0697. The van der Waals surface area contributed by atoms with Gasteiger partial charge in [0.15, 0.2) is 0 Å². The fourth-order valence-corrected chi connectivity index (χ4v) is 2.65. The van der Waals surface area contributed by atoms with Gasteiger partial charge >= 0.3 is 5.97 Å². The van der Waals surface area contributed by atoms with Gasteiger partial charge in [-0.25, -0.2) is 9.78 Å². The van der Waals surface area contributed by atoms with E-state index in [-0.39, 0.29) is 10.7 Å². The van der Waals surface area contributed by atoms with E-state index in [2.05, 4.69) is 9.88 Å². The van der Waals surface area contributed by atoms with Gasteiger partial charge in [-0.3, -0.25) is 0 Å². The Morgan fingerprint density at radius 1 is 1.39 bits per heavy atom. The molecule has 1 aliphatic rings. The summed E-state index contributed by atoms with van der Waals surface area (Å²) in [5.41, 5.74) is 0.188. The van der Waals surface area contributed by atoms with E-state index in [1.54, 1.807) is 6.07 Å². The molecule has 1 heterocycles. The van der Waals surface area contributed by atoms with Crippen molar-refractivity contribution in [2.45, 2.75) is 38.1 Å². The smallest absolute Gasteiger partial charge is 0.335 e. The summed E-state index contributed by atoms with van der Waals surface area (Å²) in [5, 5.41) is 9.25. The molecule has 1 saturated carbocycles. The van der Waals surface area contributed by atoms with Crippen LogP contribution in [-0.2, 0) is 0 Å². The van der Waals surface area contributed by atoms with E-state index in [1.165, 1.54) is 25.3 Å². The maximum Gasteiger partial charge on any atom is 0.335 e. The van der Waals surface area contributed by atoms with Gasteiger partial charge in [0.1, 0.15) is 11.0 Å². The summed E-state index contributed by atoms with van der Waals surface area (Å²) in [6.45, 7) is 0. The third-order valence-corrected chi connectivity index (χ3v) is 3.70. The van der Waals surface area contributed by atoms with E-state index >= 15 is 0 Å². The average Bonchev–Trinajstić information content (AvgIpc) is 2.38. The number of aromatic carboxylic acids is 1. The molecule has 1 aromatic rings. The largest absolute Gasteiger partial charge is 0.478 e. The number of halogens is 1. The molecule has 0 atom stereocenters. The number of hydrogen-bond acceptors (Lipinski definition) is 3. The Morgan fingerprint density at radius 3 is 2.67 bits per heavy atom. The minimum absolute atomic E-state index is 0.188. The van der Waals surface area contributed by atoms with E-state index in [0.717, 1.165) is 12.8 Å². The van der Waals surface area contributed by atoms with Crippen LogP contribution >= 0.6 is 11.6 Å². The van der Waals surface area contributed by atoms with Gasteiger partial charge in [-0.15, -0.1) is 0 Å². The summed E-state index contributed by atoms with van der Waals surface area (Å²) in [4.78, 5) is 17.3. The maximum atomic E-state index is 11.0. The van der Waals surface area contributed by atoms with Gasteiger partial charge in [0, 0.05) is 13.1 Å². The van der Waals surface area contributed by atoms with Crippen molar-refractivity contribution in [1.29, 1.82) is 0 Å². The number of rotatable bonds is 3. The maximum absolute atomic E-state index is 11.0. The van der Waals surface area contributed by atoms with Crippen molar-refractivity contribution in [1.82, 2.24) is 4.98 Å². The molecular weight excluding hydrogens is 252 g/mol. The Morgan fingerprint density at radius 2 is 2.06 bits per heavy atom. The molecule has 18 heavy (non-hydrogen) atoms. The van der Waals surface area contributed by atoms with Crippen LogP contribution in [0.4, 0.5) is 5.82 Å². The first-order valence-electron chi connectivity index (χ1n) is 6.21. The molecule has 1 fully saturated rings. The number of nitrogens with zero attached hydrogens (tertiary/aromatic N) is 2. The molecule has 5 heteroatoms. The van der Waals surface area contributed by atoms with Crippen LogP contribution < -0.4 is 4.90 Å². The van der Waals surface area contributed by atoms with Crippen molar-refractivity contribution in [2.24, 2.45) is 0 Å². The zero-order valence-electron chi connectivity index (χ0n) is 10.4. The molecule has 98 valence electrons. The van der Waals surface area contributed by atoms with Gasteiger partial charge in [0.2, 0.25) is 0 Å². The third-order valence-electron chi connectivity index (χ3n) is 3.51. The molecule has 0 amide bonds. The first kappa shape index (κ1) is 13.1. The SMILES string of the molecule is CN(c1cc(C(=O)O)cc(Cl)n1)C1CCCCC1. The van der Waals surface area contributed by atoms with E-state index in [0.29, 0.717) is 11.9 Å². The molecular formula is C13H17ClN2O2. The number of carbonyl (C=O) groups is 1. The van der Waals surface area contributed by atoms with Gasteiger partial charge in [-0.2, -0.15) is 0 Å². The first-order chi connectivity index (χ1) is 8.58. The molecule has 1 aromatic heterocycles. The Balaban J connectivity index is 2.23. The van der Waals surface area contributed by atoms with Crippen molar-refractivity contribution < 1.29 is 9.90 Å². The first-order valence-corrected chi connectivity index (χ1v) is 6.59. The Labute approximate surface area is 112 Å². The van der Waals surface area contributed by atoms with Crippen LogP contribution in [0.1, 0.15) is 42.5 Å². The highest BCUT2D eigenvalue weighted by Gasteiger charge is 2.20. The third kappa shape index (κ3) is 2.93. The minimum atomic E-state index is -0.974. The highest BCUT2D eigenvalue weighted by atomic mass is 35.5. The van der Waals surface area contributed by atoms with E-state index in [4.69, 9.17) is 16.7 Å². The second-order valence-corrected chi connectivity index (χ2v) is 5.13. The topological polar surface area (TPSA) is 53.4 Å². The van der Waals surface area contributed by atoms with Crippen molar-refractivity contribution in [2.75, 3.05) is 11.9 Å². The number of anilines is 1. The minimum Gasteiger partial charge on any atom is -0.478 e. The monoisotopic (exact) mass is 268 g/mol. The molecule has 0 radical (unpaired) electrons. The molecule has 0 spiro atoms. The van der Waals surface area contributed by atoms with Crippen molar-refractivity contribution in [3.05, 3.63) is 22.8 Å². The predicted octanol–water partition coefficient (Wildman–Crippen LogP) is 3.20. The molecule has 2 rings (SSSR count). The van der Waals surface area contributed by atoms with Crippen LogP contribution in [0.2, 0.25) is 5.15 Å². The van der Waals surface area contributed by atoms with Gasteiger partial charge in [0.05, 0.1) is 5.56 Å². The predicted molar refractivity (Wildman–Crippen MR) is 71.5 cm³/mol. The normalized spacial score (nSPS) is 16.6. The summed E-state index contributed by atoms with van der Waals surface area (Å²) in [6, 6.07) is 3.40. The van der Waals surface area contributed by atoms with Crippen molar-refractivity contribution in [3.8, 4) is 0 Å². The summed E-state index contributed by atoms with van der Waals surface area (Å²) in [5.74, 6) is -0.329. The Hall–Kier alpha value is -1.29. The highest BCUT2D eigenvalue weighted by molar-refractivity contribution is 6.29. The second kappa shape index (κ2) is 5.57. The van der Waals surface area contributed by atoms with Crippen molar-refractivity contribution in [3.63, 3.8) is 0 Å². The molecule has 1 N–H and O–H groups in total. The van der Waals surface area contributed by atoms with Crippen LogP contribution in [0.3, 0.4) is 0 Å². The zero-order valence-corrected chi connectivity index (χ0v) is 11.2. The fourth-order valence-electron chi connectivity index (χ4n) is 2.44. The quantitative estimate of drug-likeness (QED) is 0.856. The summed E-state index contributed by atoms with van der Waals surface area (Å²) in [7, 11) is 1.96. The van der Waals surface area contributed by atoms with E-state index in [9.17, 15) is 4.79 Å². The van der Waals surface area contributed by atoms with Crippen molar-refractivity contribution >= 4 is 23.4 Å². The van der Waals surface area contributed by atoms with Gasteiger partial charge in [-0.05, 0) is 25.0 Å². The lowest BCUT2D eigenvalue weighted by atomic mass is 9.94. The summed E-state index contributed by atoms with van der Waals surface area (Å²) < 4.78 is 0. The molecule has 1 aliphatic carbocycles. The average molecular weight is 269 g/mol. The van der Waals surface area contributed by atoms with Gasteiger partial charge in [-0.1, -0.05) is 30.9 Å². The lowest BCUT2D eigenvalue weighted by Gasteiger charge is -2.32. The Kier molecular flexibility index (Phi) is 4.07. The molecule has 0 saturated heterocycles. The number of hydrogen-bond donors (Lipinski definition) is 1. The van der Waals surface area contributed by atoms with Gasteiger partial charge in [0.25, 0.3) is 0 Å². The van der Waals surface area contributed by atoms with Crippen LogP contribution in [0.15, 0.2) is 12.1 Å². The van der Waals surface area contributed by atoms with Crippen LogP contribution in [0, 0.1) is 0 Å². The van der Waals surface area contributed by atoms with E-state index < -0.39 is 5.97 Å². The second-order valence-electron chi connectivity index (χ2n) is 4.74. The van der Waals surface area contributed by atoms with Crippen LogP contribution in [0.5, 0.6) is 0 Å². The fraction of sp³-hybridized carbons (Fsp3) is 0.538. The lowest BCUT2D eigenvalue weighted by Crippen LogP contribution is -2.34. The molecule has 0 bridgehead atoms.